The van der Waals surface area contributed by atoms with Crippen molar-refractivity contribution in [1.82, 2.24) is 4.98 Å². The van der Waals surface area contributed by atoms with Gasteiger partial charge in [0.05, 0.1) is 15.5 Å². The number of nitrogens with zero attached hydrogens (tertiary/aromatic N) is 1. The van der Waals surface area contributed by atoms with Crippen molar-refractivity contribution in [2.24, 2.45) is 17.3 Å². The second-order valence-electron chi connectivity index (χ2n) is 9.91. The van der Waals surface area contributed by atoms with Crippen LogP contribution in [0.2, 0.25) is 10.0 Å². The maximum Gasteiger partial charge on any atom is 0.312 e. The Balaban J connectivity index is 1.29. The predicted octanol–water partition coefficient (Wildman–Crippen LogP) is 5.72. The molecule has 4 aliphatic carbocycles. The second-order valence-corrected chi connectivity index (χ2v) is 10.7. The highest BCUT2D eigenvalue weighted by molar-refractivity contribution is 6.37. The van der Waals surface area contributed by atoms with E-state index >= 15 is 0 Å². The summed E-state index contributed by atoms with van der Waals surface area (Å²) in [4.78, 5) is 29.9. The van der Waals surface area contributed by atoms with E-state index in [-0.39, 0.29) is 28.8 Å². The summed E-state index contributed by atoms with van der Waals surface area (Å²) in [5.74, 6) is 0.591. The zero-order valence-electron chi connectivity index (χ0n) is 18.0. The number of carbonyl (C=O) groups is 2. The molecule has 32 heavy (non-hydrogen) atoms. The summed E-state index contributed by atoms with van der Waals surface area (Å²) in [6, 6.07) is 10.6. The number of benzene rings is 1. The minimum Gasteiger partial charge on any atom is -0.455 e. The van der Waals surface area contributed by atoms with Gasteiger partial charge in [0.2, 0.25) is 0 Å². The average Bonchev–Trinajstić information content (AvgIpc) is 2.77. The molecule has 0 aliphatic heterocycles. The number of halogens is 2. The van der Waals surface area contributed by atoms with Gasteiger partial charge in [-0.25, -0.2) is 4.98 Å². The summed E-state index contributed by atoms with van der Waals surface area (Å²) >= 11 is 12.2. The number of rotatable bonds is 5. The van der Waals surface area contributed by atoms with Crippen LogP contribution in [0.3, 0.4) is 0 Å². The van der Waals surface area contributed by atoms with E-state index in [1.165, 1.54) is 18.2 Å². The molecule has 1 N–H and O–H groups in total. The fourth-order valence-electron chi connectivity index (χ4n) is 6.73. The van der Waals surface area contributed by atoms with Gasteiger partial charge in [0, 0.05) is 6.20 Å². The molecule has 4 saturated carbocycles. The predicted molar refractivity (Wildman–Crippen MR) is 124 cm³/mol. The number of nitrogens with one attached hydrogen (secondary N) is 1. The fourth-order valence-corrected chi connectivity index (χ4v) is 7.12. The van der Waals surface area contributed by atoms with E-state index in [2.05, 4.69) is 34.6 Å². The van der Waals surface area contributed by atoms with E-state index in [1.807, 2.05) is 6.07 Å². The first-order valence-corrected chi connectivity index (χ1v) is 11.9. The average molecular weight is 473 g/mol. The Morgan fingerprint density at radius 2 is 1.81 bits per heavy atom. The molecule has 1 aromatic carbocycles. The van der Waals surface area contributed by atoms with Crippen molar-refractivity contribution in [3.8, 4) is 0 Å². The van der Waals surface area contributed by atoms with E-state index < -0.39 is 11.3 Å². The number of pyridine rings is 1. The first-order valence-electron chi connectivity index (χ1n) is 11.1. The number of hydrogen-bond acceptors (Lipinski definition) is 4. The van der Waals surface area contributed by atoms with Crippen LogP contribution in [0.5, 0.6) is 0 Å². The minimum absolute atomic E-state index is 0.0465. The monoisotopic (exact) mass is 472 g/mol. The Morgan fingerprint density at radius 3 is 2.50 bits per heavy atom. The van der Waals surface area contributed by atoms with Crippen LogP contribution in [0.4, 0.5) is 5.82 Å². The normalized spacial score (nSPS) is 30.2. The Bertz CT molecular complexity index is 1060. The number of aromatic nitrogens is 1. The Hall–Kier alpha value is -2.11. The molecule has 5 nitrogen and oxygen atoms in total. The second kappa shape index (κ2) is 8.03. The molecule has 6 rings (SSSR count). The molecule has 7 heteroatoms. The van der Waals surface area contributed by atoms with Crippen LogP contribution in [0.25, 0.3) is 0 Å². The lowest BCUT2D eigenvalue weighted by Gasteiger charge is -2.61. The van der Waals surface area contributed by atoms with Crippen LogP contribution in [-0.2, 0) is 19.7 Å². The van der Waals surface area contributed by atoms with Gasteiger partial charge in [-0.05, 0) is 73.8 Å². The van der Waals surface area contributed by atoms with Crippen LogP contribution in [0.15, 0.2) is 36.5 Å². The van der Waals surface area contributed by atoms with E-state index in [0.29, 0.717) is 22.4 Å². The summed E-state index contributed by atoms with van der Waals surface area (Å²) in [6.45, 7) is 1.39. The molecule has 4 fully saturated rings. The number of amides is 1. The smallest absolute Gasteiger partial charge is 0.312 e. The fraction of sp³-hybridized carbons (Fsp3) is 0.480. The molecule has 1 amide bonds. The summed E-state index contributed by atoms with van der Waals surface area (Å²) in [6.07, 6.45) is 7.45. The highest BCUT2D eigenvalue weighted by Gasteiger charge is 2.61. The molecular weight excluding hydrogens is 447 g/mol. The zero-order chi connectivity index (χ0) is 22.5. The highest BCUT2D eigenvalue weighted by atomic mass is 35.5. The van der Waals surface area contributed by atoms with Crippen molar-refractivity contribution >= 4 is 40.9 Å². The van der Waals surface area contributed by atoms with E-state index in [9.17, 15) is 9.59 Å². The largest absolute Gasteiger partial charge is 0.455 e. The van der Waals surface area contributed by atoms with Crippen molar-refractivity contribution in [3.63, 3.8) is 0 Å². The standard InChI is InChI=1S/C25H26Cl2N2O3/c1-15-19(26)12-28-22(21(15)27)29-20(30)13-32-23(31)25-10-16-7-17(11-25)9-24(8-16,14-25)18-5-3-2-4-6-18/h2-6,12,16-17H,7-11,13-14H2,1H3,(H,28,29,30). The van der Waals surface area contributed by atoms with Crippen LogP contribution in [0.1, 0.15) is 49.7 Å². The van der Waals surface area contributed by atoms with E-state index in [4.69, 9.17) is 27.9 Å². The molecule has 2 aromatic rings. The lowest BCUT2D eigenvalue weighted by molar-refractivity contribution is -0.175. The molecular formula is C25H26Cl2N2O3. The van der Waals surface area contributed by atoms with Gasteiger partial charge in [-0.15, -0.1) is 0 Å². The third kappa shape index (κ3) is 3.69. The lowest BCUT2D eigenvalue weighted by Crippen LogP contribution is -2.57. The molecule has 0 radical (unpaired) electrons. The highest BCUT2D eigenvalue weighted by Crippen LogP contribution is 2.66. The van der Waals surface area contributed by atoms with Crippen molar-refractivity contribution in [1.29, 1.82) is 0 Å². The third-order valence-electron chi connectivity index (χ3n) is 7.67. The van der Waals surface area contributed by atoms with Gasteiger partial charge >= 0.3 is 5.97 Å². The number of ether oxygens (including phenoxy) is 1. The molecule has 1 aromatic heterocycles. The van der Waals surface area contributed by atoms with Crippen molar-refractivity contribution < 1.29 is 14.3 Å². The maximum atomic E-state index is 13.3. The van der Waals surface area contributed by atoms with Gasteiger partial charge in [0.1, 0.15) is 0 Å². The Kier molecular flexibility index (Phi) is 5.45. The molecule has 0 saturated heterocycles. The molecule has 2 atom stereocenters. The Labute approximate surface area is 197 Å². The number of carbonyl (C=O) groups excluding carboxylic acids is 2. The maximum absolute atomic E-state index is 13.3. The summed E-state index contributed by atoms with van der Waals surface area (Å²) in [5.41, 5.74) is 1.52. The van der Waals surface area contributed by atoms with Crippen LogP contribution >= 0.6 is 23.2 Å². The van der Waals surface area contributed by atoms with Gasteiger partial charge in [0.15, 0.2) is 12.4 Å². The summed E-state index contributed by atoms with van der Waals surface area (Å²) in [5, 5.41) is 3.33. The molecule has 2 unspecified atom stereocenters. The van der Waals surface area contributed by atoms with Crippen LogP contribution < -0.4 is 5.32 Å². The molecule has 4 bridgehead atoms. The molecule has 4 aliphatic rings. The first-order chi connectivity index (χ1) is 15.3. The van der Waals surface area contributed by atoms with Crippen molar-refractivity contribution in [3.05, 3.63) is 57.7 Å². The van der Waals surface area contributed by atoms with Gasteiger partial charge in [-0.2, -0.15) is 0 Å². The SMILES string of the molecule is Cc1c(Cl)cnc(NC(=O)COC(=O)C23CC4CC(C2)CC(c2ccccc2)(C4)C3)c1Cl. The summed E-state index contributed by atoms with van der Waals surface area (Å²) in [7, 11) is 0. The quantitative estimate of drug-likeness (QED) is 0.565. The van der Waals surface area contributed by atoms with E-state index in [1.54, 1.807) is 6.92 Å². The number of hydrogen-bond donors (Lipinski definition) is 1. The first kappa shape index (κ1) is 21.7. The van der Waals surface area contributed by atoms with Gasteiger partial charge in [-0.1, -0.05) is 53.5 Å². The van der Waals surface area contributed by atoms with Crippen LogP contribution in [0, 0.1) is 24.2 Å². The van der Waals surface area contributed by atoms with Gasteiger partial charge in [0.25, 0.3) is 5.91 Å². The topological polar surface area (TPSA) is 68.3 Å². The molecule has 1 heterocycles. The van der Waals surface area contributed by atoms with Gasteiger partial charge < -0.3 is 10.1 Å². The zero-order valence-corrected chi connectivity index (χ0v) is 19.5. The summed E-state index contributed by atoms with van der Waals surface area (Å²) < 4.78 is 5.59. The minimum atomic E-state index is -0.493. The molecule has 168 valence electrons. The van der Waals surface area contributed by atoms with Gasteiger partial charge in [-0.3, -0.25) is 9.59 Å². The van der Waals surface area contributed by atoms with E-state index in [0.717, 1.165) is 32.1 Å². The lowest BCUT2D eigenvalue weighted by atomic mass is 9.43. The number of anilines is 1. The van der Waals surface area contributed by atoms with Crippen LogP contribution in [-0.4, -0.2) is 23.5 Å². The third-order valence-corrected chi connectivity index (χ3v) is 8.52. The Morgan fingerprint density at radius 1 is 1.12 bits per heavy atom. The van der Waals surface area contributed by atoms with Crippen molar-refractivity contribution in [2.75, 3.05) is 11.9 Å². The molecule has 0 spiro atoms. The van der Waals surface area contributed by atoms with Crippen molar-refractivity contribution in [2.45, 2.75) is 50.9 Å². The number of esters is 1.